The van der Waals surface area contributed by atoms with Crippen LogP contribution < -0.4 is 4.74 Å². The molecule has 0 aliphatic carbocycles. The lowest BCUT2D eigenvalue weighted by atomic mass is 10.1. The van der Waals surface area contributed by atoms with Crippen LogP contribution in [0.15, 0.2) is 65.9 Å². The molecule has 4 heteroatoms. The van der Waals surface area contributed by atoms with Crippen LogP contribution >= 0.6 is 0 Å². The standard InChI is InChI=1S/C19H19N3O/c1-14-8-7-11-17(18(14)23-3)21-19(16-9-5-4-6-10-16)22-13-12-20-15(22)2/h4-13H,1-3H3. The maximum Gasteiger partial charge on any atom is 0.147 e. The van der Waals surface area contributed by atoms with Crippen molar-refractivity contribution in [1.82, 2.24) is 9.55 Å². The Morgan fingerprint density at radius 1 is 1.04 bits per heavy atom. The van der Waals surface area contributed by atoms with Gasteiger partial charge in [-0.3, -0.25) is 4.57 Å². The number of rotatable bonds is 3. The fraction of sp³-hybridized carbons (Fsp3) is 0.158. The van der Waals surface area contributed by atoms with Crippen molar-refractivity contribution in [3.8, 4) is 5.75 Å². The highest BCUT2D eigenvalue weighted by atomic mass is 16.5. The van der Waals surface area contributed by atoms with Crippen molar-refractivity contribution in [2.75, 3.05) is 7.11 Å². The third-order valence-corrected chi connectivity index (χ3v) is 3.71. The van der Waals surface area contributed by atoms with E-state index in [0.29, 0.717) is 0 Å². The predicted octanol–water partition coefficient (Wildman–Crippen LogP) is 4.14. The summed E-state index contributed by atoms with van der Waals surface area (Å²) in [5.41, 5.74) is 2.89. The number of nitrogens with zero attached hydrogens (tertiary/aromatic N) is 3. The van der Waals surface area contributed by atoms with Crippen molar-refractivity contribution < 1.29 is 4.74 Å². The Labute approximate surface area is 136 Å². The van der Waals surface area contributed by atoms with E-state index in [1.54, 1.807) is 13.3 Å². The van der Waals surface area contributed by atoms with Crippen molar-refractivity contribution in [2.24, 2.45) is 4.99 Å². The molecule has 116 valence electrons. The molecule has 0 aliphatic heterocycles. The summed E-state index contributed by atoms with van der Waals surface area (Å²) in [6.07, 6.45) is 3.70. The second-order valence-corrected chi connectivity index (χ2v) is 5.27. The minimum atomic E-state index is 0.790. The second kappa shape index (κ2) is 6.48. The first-order valence-electron chi connectivity index (χ1n) is 7.48. The summed E-state index contributed by atoms with van der Waals surface area (Å²) in [6, 6.07) is 16.1. The van der Waals surface area contributed by atoms with Gasteiger partial charge in [0.05, 0.1) is 7.11 Å². The van der Waals surface area contributed by atoms with Crippen LogP contribution in [0, 0.1) is 13.8 Å². The molecule has 1 aromatic heterocycles. The molecule has 3 aromatic rings. The van der Waals surface area contributed by atoms with Gasteiger partial charge in [0.25, 0.3) is 0 Å². The molecule has 0 saturated carbocycles. The number of hydrogen-bond donors (Lipinski definition) is 0. The Hall–Kier alpha value is -2.88. The van der Waals surface area contributed by atoms with Crippen LogP contribution in [0.2, 0.25) is 0 Å². The minimum absolute atomic E-state index is 0.790. The summed E-state index contributed by atoms with van der Waals surface area (Å²) in [5.74, 6) is 2.50. The molecule has 4 nitrogen and oxygen atoms in total. The molecule has 0 unspecified atom stereocenters. The van der Waals surface area contributed by atoms with Crippen LogP contribution in [-0.2, 0) is 0 Å². The van der Waals surface area contributed by atoms with Gasteiger partial charge in [0.2, 0.25) is 0 Å². The van der Waals surface area contributed by atoms with Crippen LogP contribution in [0.5, 0.6) is 5.75 Å². The molecule has 0 saturated heterocycles. The van der Waals surface area contributed by atoms with Crippen LogP contribution in [0.25, 0.3) is 0 Å². The van der Waals surface area contributed by atoms with Gasteiger partial charge in [-0.1, -0.05) is 42.5 Å². The van der Waals surface area contributed by atoms with E-state index in [1.165, 1.54) is 0 Å². The minimum Gasteiger partial charge on any atom is -0.494 e. The Balaban J connectivity index is 2.21. The predicted molar refractivity (Wildman–Crippen MR) is 92.7 cm³/mol. The van der Waals surface area contributed by atoms with Gasteiger partial charge in [0.1, 0.15) is 23.1 Å². The van der Waals surface area contributed by atoms with E-state index in [0.717, 1.165) is 34.2 Å². The number of imidazole rings is 1. The maximum absolute atomic E-state index is 5.53. The molecule has 0 N–H and O–H groups in total. The zero-order chi connectivity index (χ0) is 16.2. The molecule has 3 rings (SSSR count). The third kappa shape index (κ3) is 3.01. The first-order valence-corrected chi connectivity index (χ1v) is 7.48. The van der Waals surface area contributed by atoms with E-state index in [9.17, 15) is 0 Å². The Kier molecular flexibility index (Phi) is 4.24. The summed E-state index contributed by atoms with van der Waals surface area (Å²) in [6.45, 7) is 3.98. The van der Waals surface area contributed by atoms with Crippen LogP contribution in [0.1, 0.15) is 17.0 Å². The van der Waals surface area contributed by atoms with E-state index in [-0.39, 0.29) is 0 Å². The quantitative estimate of drug-likeness (QED) is 0.539. The van der Waals surface area contributed by atoms with E-state index < -0.39 is 0 Å². The summed E-state index contributed by atoms with van der Waals surface area (Å²) >= 11 is 0. The zero-order valence-electron chi connectivity index (χ0n) is 13.5. The molecular formula is C19H19N3O. The molecular weight excluding hydrogens is 286 g/mol. The topological polar surface area (TPSA) is 39.4 Å². The summed E-state index contributed by atoms with van der Waals surface area (Å²) in [7, 11) is 1.67. The van der Waals surface area contributed by atoms with Gasteiger partial charge >= 0.3 is 0 Å². The lowest BCUT2D eigenvalue weighted by molar-refractivity contribution is 0.413. The monoisotopic (exact) mass is 305 g/mol. The molecule has 1 heterocycles. The number of benzene rings is 2. The highest BCUT2D eigenvalue weighted by Gasteiger charge is 2.11. The Morgan fingerprint density at radius 2 is 1.83 bits per heavy atom. The molecule has 0 amide bonds. The first kappa shape index (κ1) is 15.0. The van der Waals surface area contributed by atoms with Crippen LogP contribution in [0.3, 0.4) is 0 Å². The number of ether oxygens (including phenoxy) is 1. The van der Waals surface area contributed by atoms with Crippen molar-refractivity contribution in [3.63, 3.8) is 0 Å². The number of hydrogen-bond acceptors (Lipinski definition) is 3. The van der Waals surface area contributed by atoms with E-state index in [2.05, 4.69) is 4.98 Å². The highest BCUT2D eigenvalue weighted by Crippen LogP contribution is 2.31. The number of para-hydroxylation sites is 1. The fourth-order valence-electron chi connectivity index (χ4n) is 2.55. The molecule has 0 radical (unpaired) electrons. The largest absolute Gasteiger partial charge is 0.494 e. The lowest BCUT2D eigenvalue weighted by Crippen LogP contribution is -2.14. The number of aryl methyl sites for hydroxylation is 2. The molecule has 23 heavy (non-hydrogen) atoms. The fourth-order valence-corrected chi connectivity index (χ4v) is 2.55. The third-order valence-electron chi connectivity index (χ3n) is 3.71. The van der Waals surface area contributed by atoms with Gasteiger partial charge in [-0.15, -0.1) is 0 Å². The molecule has 0 atom stereocenters. The normalized spacial score (nSPS) is 11.5. The van der Waals surface area contributed by atoms with Crippen LogP contribution in [0.4, 0.5) is 5.69 Å². The zero-order valence-corrected chi connectivity index (χ0v) is 13.5. The average Bonchev–Trinajstić information content (AvgIpc) is 2.99. The van der Waals surface area contributed by atoms with Gasteiger partial charge in [0.15, 0.2) is 0 Å². The molecule has 0 fully saturated rings. The van der Waals surface area contributed by atoms with Crippen molar-refractivity contribution in [1.29, 1.82) is 0 Å². The number of aromatic nitrogens is 2. The number of aliphatic imine (C=N–C) groups is 1. The molecule has 0 spiro atoms. The lowest BCUT2D eigenvalue weighted by Gasteiger charge is -2.12. The maximum atomic E-state index is 5.53. The van der Waals surface area contributed by atoms with Crippen molar-refractivity contribution in [3.05, 3.63) is 77.9 Å². The average molecular weight is 305 g/mol. The second-order valence-electron chi connectivity index (χ2n) is 5.27. The summed E-state index contributed by atoms with van der Waals surface area (Å²) in [4.78, 5) is 9.19. The van der Waals surface area contributed by atoms with Gasteiger partial charge < -0.3 is 4.74 Å². The van der Waals surface area contributed by atoms with Gasteiger partial charge in [-0.25, -0.2) is 9.98 Å². The van der Waals surface area contributed by atoms with Gasteiger partial charge in [0, 0.05) is 18.0 Å². The van der Waals surface area contributed by atoms with E-state index >= 15 is 0 Å². The van der Waals surface area contributed by atoms with Crippen molar-refractivity contribution in [2.45, 2.75) is 13.8 Å². The smallest absolute Gasteiger partial charge is 0.147 e. The van der Waals surface area contributed by atoms with Gasteiger partial charge in [-0.2, -0.15) is 0 Å². The van der Waals surface area contributed by atoms with E-state index in [1.807, 2.05) is 73.1 Å². The Bertz CT molecular complexity index is 835. The first-order chi connectivity index (χ1) is 11.2. The Morgan fingerprint density at radius 3 is 2.48 bits per heavy atom. The van der Waals surface area contributed by atoms with Crippen molar-refractivity contribution >= 4 is 11.5 Å². The summed E-state index contributed by atoms with van der Waals surface area (Å²) < 4.78 is 7.51. The molecule has 0 aliphatic rings. The number of methoxy groups -OCH3 is 1. The van der Waals surface area contributed by atoms with E-state index in [4.69, 9.17) is 9.73 Å². The summed E-state index contributed by atoms with van der Waals surface area (Å²) in [5, 5.41) is 0. The molecule has 2 aromatic carbocycles. The molecule has 0 bridgehead atoms. The van der Waals surface area contributed by atoms with Gasteiger partial charge in [-0.05, 0) is 25.5 Å². The highest BCUT2D eigenvalue weighted by molar-refractivity contribution is 6.02. The SMILES string of the molecule is COc1c(C)cccc1N=C(c1ccccc1)n1ccnc1C. The van der Waals surface area contributed by atoms with Crippen LogP contribution in [-0.4, -0.2) is 22.5 Å².